The number of unbranched alkanes of at least 4 members (excludes halogenated alkanes) is 11. The molecule has 9 nitrogen and oxygen atoms in total. The number of anilines is 2. The minimum atomic E-state index is -3.92. The van der Waals surface area contributed by atoms with Crippen molar-refractivity contribution in [2.75, 3.05) is 31.0 Å². The monoisotopic (exact) mass is 599 g/mol. The summed E-state index contributed by atoms with van der Waals surface area (Å²) in [6.45, 7) is 2.58. The van der Waals surface area contributed by atoms with E-state index >= 15 is 0 Å². The van der Waals surface area contributed by atoms with Crippen molar-refractivity contribution in [1.29, 1.82) is 0 Å². The third-order valence-electron chi connectivity index (χ3n) is 7.38. The number of esters is 1. The van der Waals surface area contributed by atoms with E-state index in [1.807, 2.05) is 0 Å². The number of nitrogens with one attached hydrogen (secondary N) is 1. The number of ether oxygens (including phenoxy) is 2. The Kier molecular flexibility index (Phi) is 13.3. The fourth-order valence-corrected chi connectivity index (χ4v) is 6.24. The van der Waals surface area contributed by atoms with E-state index in [0.29, 0.717) is 18.0 Å². The van der Waals surface area contributed by atoms with Gasteiger partial charge in [0.05, 0.1) is 37.1 Å². The SMILES string of the molecule is CCCCCCCCCCCCCCOC(=O)c1ccc(OC)c(NC(=O)CC2=NS(=O)(=O)c3ccccc3N2C)c1. The third-order valence-corrected chi connectivity index (χ3v) is 8.73. The van der Waals surface area contributed by atoms with Gasteiger partial charge in [-0.3, -0.25) is 4.79 Å². The summed E-state index contributed by atoms with van der Waals surface area (Å²) < 4.78 is 39.9. The highest BCUT2D eigenvalue weighted by Gasteiger charge is 2.29. The van der Waals surface area contributed by atoms with Crippen LogP contribution in [0.4, 0.5) is 11.4 Å². The van der Waals surface area contributed by atoms with Gasteiger partial charge in [0.15, 0.2) is 0 Å². The van der Waals surface area contributed by atoms with E-state index in [-0.39, 0.29) is 28.4 Å². The summed E-state index contributed by atoms with van der Waals surface area (Å²) >= 11 is 0. The molecule has 0 atom stereocenters. The smallest absolute Gasteiger partial charge is 0.338 e. The highest BCUT2D eigenvalue weighted by molar-refractivity contribution is 7.90. The molecule has 0 aliphatic carbocycles. The number of amides is 1. The molecule has 0 fully saturated rings. The lowest BCUT2D eigenvalue weighted by Gasteiger charge is -2.26. The molecular formula is C32H45N3O6S. The van der Waals surface area contributed by atoms with Gasteiger partial charge >= 0.3 is 5.97 Å². The van der Waals surface area contributed by atoms with E-state index in [0.717, 1.165) is 19.3 Å². The van der Waals surface area contributed by atoms with Gasteiger partial charge in [0, 0.05) is 7.05 Å². The molecule has 1 amide bonds. The lowest BCUT2D eigenvalue weighted by molar-refractivity contribution is -0.115. The number of hydrogen-bond acceptors (Lipinski definition) is 7. The molecular weight excluding hydrogens is 554 g/mol. The molecule has 0 aromatic heterocycles. The zero-order valence-electron chi connectivity index (χ0n) is 25.2. The normalized spacial score (nSPS) is 13.7. The Labute approximate surface area is 250 Å². The molecule has 230 valence electrons. The van der Waals surface area contributed by atoms with Crippen LogP contribution in [-0.4, -0.2) is 46.9 Å². The van der Waals surface area contributed by atoms with E-state index in [9.17, 15) is 18.0 Å². The maximum absolute atomic E-state index is 12.9. The van der Waals surface area contributed by atoms with Crippen LogP contribution in [0.1, 0.15) is 101 Å². The van der Waals surface area contributed by atoms with Gasteiger partial charge < -0.3 is 19.7 Å². The van der Waals surface area contributed by atoms with Crippen LogP contribution in [0.25, 0.3) is 0 Å². The first-order chi connectivity index (χ1) is 20.3. The zero-order valence-corrected chi connectivity index (χ0v) is 26.0. The second kappa shape index (κ2) is 16.9. The summed E-state index contributed by atoms with van der Waals surface area (Å²) in [5.74, 6) is -0.535. The molecule has 1 aliphatic heterocycles. The molecule has 0 saturated carbocycles. The van der Waals surface area contributed by atoms with E-state index < -0.39 is 21.9 Å². The molecule has 0 saturated heterocycles. The maximum atomic E-state index is 12.9. The van der Waals surface area contributed by atoms with Gasteiger partial charge in [0.1, 0.15) is 16.5 Å². The molecule has 0 spiro atoms. The number of carbonyl (C=O) groups excluding carboxylic acids is 2. The number of rotatable bonds is 18. The van der Waals surface area contributed by atoms with Gasteiger partial charge in [0.2, 0.25) is 5.91 Å². The molecule has 3 rings (SSSR count). The van der Waals surface area contributed by atoms with Crippen LogP contribution in [0.5, 0.6) is 5.75 Å². The largest absolute Gasteiger partial charge is 0.495 e. The number of fused-ring (bicyclic) bond motifs is 1. The Morgan fingerprint density at radius 2 is 1.50 bits per heavy atom. The van der Waals surface area contributed by atoms with Crippen molar-refractivity contribution >= 4 is 39.1 Å². The van der Waals surface area contributed by atoms with Crippen LogP contribution in [0.15, 0.2) is 51.8 Å². The van der Waals surface area contributed by atoms with E-state index in [1.54, 1.807) is 42.3 Å². The van der Waals surface area contributed by atoms with E-state index in [4.69, 9.17) is 9.47 Å². The number of methoxy groups -OCH3 is 1. The molecule has 1 heterocycles. The van der Waals surface area contributed by atoms with Crippen LogP contribution in [0.2, 0.25) is 0 Å². The highest BCUT2D eigenvalue weighted by atomic mass is 32.2. The third kappa shape index (κ3) is 9.86. The van der Waals surface area contributed by atoms with Crippen LogP contribution < -0.4 is 15.0 Å². The van der Waals surface area contributed by atoms with E-state index in [1.165, 1.54) is 77.0 Å². The molecule has 42 heavy (non-hydrogen) atoms. The number of sulfonamides is 1. The van der Waals surface area contributed by atoms with E-state index in [2.05, 4.69) is 16.6 Å². The van der Waals surface area contributed by atoms with Crippen LogP contribution >= 0.6 is 0 Å². The zero-order chi connectivity index (χ0) is 30.4. The fourth-order valence-electron chi connectivity index (χ4n) is 4.95. The van der Waals surface area contributed by atoms with Gasteiger partial charge in [-0.05, 0) is 36.8 Å². The summed E-state index contributed by atoms with van der Waals surface area (Å²) in [4.78, 5) is 27.3. The van der Waals surface area contributed by atoms with Crippen molar-refractivity contribution in [3.05, 3.63) is 48.0 Å². The summed E-state index contributed by atoms with van der Waals surface area (Å²) in [6.07, 6.45) is 14.5. The molecule has 1 N–H and O–H groups in total. The lowest BCUT2D eigenvalue weighted by Crippen LogP contribution is -2.35. The average Bonchev–Trinajstić information content (AvgIpc) is 2.98. The summed E-state index contributed by atoms with van der Waals surface area (Å²) in [6, 6.07) is 11.2. The minimum Gasteiger partial charge on any atom is -0.495 e. The van der Waals surface area contributed by atoms with Gasteiger partial charge in [-0.15, -0.1) is 4.40 Å². The topological polar surface area (TPSA) is 114 Å². The maximum Gasteiger partial charge on any atom is 0.338 e. The summed E-state index contributed by atoms with van der Waals surface area (Å²) in [5.41, 5.74) is 1.02. The predicted octanol–water partition coefficient (Wildman–Crippen LogP) is 7.12. The quantitative estimate of drug-likeness (QED) is 0.143. The first-order valence-corrected chi connectivity index (χ1v) is 16.5. The first kappa shape index (κ1) is 33.1. The number of hydrogen-bond donors (Lipinski definition) is 1. The molecule has 0 bridgehead atoms. The average molecular weight is 600 g/mol. The second-order valence-electron chi connectivity index (χ2n) is 10.7. The minimum absolute atomic E-state index is 0.0862. The molecule has 1 aliphatic rings. The number of para-hydroxylation sites is 1. The Morgan fingerprint density at radius 3 is 2.14 bits per heavy atom. The van der Waals surface area contributed by atoms with Crippen LogP contribution in [-0.2, 0) is 19.6 Å². The van der Waals surface area contributed by atoms with Gasteiger partial charge in [0.25, 0.3) is 10.0 Å². The molecule has 10 heteroatoms. The second-order valence-corrected chi connectivity index (χ2v) is 12.2. The van der Waals surface area contributed by atoms with Crippen molar-refractivity contribution in [1.82, 2.24) is 0 Å². The molecule has 2 aromatic rings. The van der Waals surface area contributed by atoms with Crippen molar-refractivity contribution in [2.45, 2.75) is 95.3 Å². The van der Waals surface area contributed by atoms with Crippen molar-refractivity contribution in [3.8, 4) is 5.75 Å². The van der Waals surface area contributed by atoms with Gasteiger partial charge in [-0.1, -0.05) is 89.7 Å². The Bertz CT molecular complexity index is 1330. The summed E-state index contributed by atoms with van der Waals surface area (Å²) in [5, 5.41) is 2.72. The van der Waals surface area contributed by atoms with Crippen LogP contribution in [0, 0.1) is 0 Å². The van der Waals surface area contributed by atoms with Crippen LogP contribution in [0.3, 0.4) is 0 Å². The number of nitrogens with zero attached hydrogens (tertiary/aromatic N) is 2. The predicted molar refractivity (Wildman–Crippen MR) is 167 cm³/mol. The summed E-state index contributed by atoms with van der Waals surface area (Å²) in [7, 11) is -0.800. The number of benzene rings is 2. The standard InChI is InChI=1S/C32H45N3O6S/c1-4-5-6-7-8-9-10-11-12-13-14-17-22-41-32(37)25-20-21-28(40-3)26(23-25)33-31(36)24-30-34-42(38,39)29-19-16-15-18-27(29)35(30)2/h15-16,18-21,23H,4-14,17,22,24H2,1-3H3,(H,33,36). The van der Waals surface area contributed by atoms with Crippen molar-refractivity contribution in [2.24, 2.45) is 4.40 Å². The number of carbonyl (C=O) groups is 2. The molecule has 0 unspecified atom stereocenters. The Hall–Kier alpha value is -3.40. The Morgan fingerprint density at radius 1 is 0.881 bits per heavy atom. The fraction of sp³-hybridized carbons (Fsp3) is 0.531. The lowest BCUT2D eigenvalue weighted by atomic mass is 10.1. The van der Waals surface area contributed by atoms with Crippen molar-refractivity contribution < 1.29 is 27.5 Å². The highest BCUT2D eigenvalue weighted by Crippen LogP contribution is 2.31. The molecule has 0 radical (unpaired) electrons. The van der Waals surface area contributed by atoms with Gasteiger partial charge in [-0.25, -0.2) is 4.79 Å². The Balaban J connectivity index is 1.44. The number of amidine groups is 1. The first-order valence-electron chi connectivity index (χ1n) is 15.1. The van der Waals surface area contributed by atoms with Gasteiger partial charge in [-0.2, -0.15) is 8.42 Å². The molecule has 2 aromatic carbocycles. The van der Waals surface area contributed by atoms with Crippen molar-refractivity contribution in [3.63, 3.8) is 0 Å².